The van der Waals surface area contributed by atoms with Crippen LogP contribution in [-0.2, 0) is 0 Å². The number of aliphatic hydroxyl groups excluding tert-OH is 1. The molecule has 3 heteroatoms. The molecule has 3 nitrogen and oxygen atoms in total. The van der Waals surface area contributed by atoms with Crippen molar-refractivity contribution in [3.63, 3.8) is 0 Å². The minimum absolute atomic E-state index is 0.0325. The highest BCUT2D eigenvalue weighted by Crippen LogP contribution is 2.22. The van der Waals surface area contributed by atoms with E-state index in [4.69, 9.17) is 5.73 Å². The van der Waals surface area contributed by atoms with Gasteiger partial charge in [0.1, 0.15) is 0 Å². The second-order valence-electron chi connectivity index (χ2n) is 4.13. The summed E-state index contributed by atoms with van der Waals surface area (Å²) < 4.78 is 0. The highest BCUT2D eigenvalue weighted by molar-refractivity contribution is 5.26. The lowest BCUT2D eigenvalue weighted by atomic mass is 9.99. The maximum Gasteiger partial charge on any atom is 0.0858 e. The maximum absolute atomic E-state index is 9.87. The van der Waals surface area contributed by atoms with Crippen molar-refractivity contribution in [3.05, 3.63) is 35.4 Å². The van der Waals surface area contributed by atoms with Crippen molar-refractivity contribution >= 4 is 0 Å². The lowest BCUT2D eigenvalue weighted by Crippen LogP contribution is -2.36. The lowest BCUT2D eigenvalue weighted by Gasteiger charge is -2.29. The highest BCUT2D eigenvalue weighted by atomic mass is 16.3. The number of rotatable bonds is 4. The quantitative estimate of drug-likeness (QED) is 0.773. The molecule has 0 heterocycles. The first-order valence-electron chi connectivity index (χ1n) is 5.17. The molecule has 2 unspecified atom stereocenters. The van der Waals surface area contributed by atoms with Crippen molar-refractivity contribution in [1.29, 1.82) is 0 Å². The molecule has 0 aliphatic rings. The van der Waals surface area contributed by atoms with Gasteiger partial charge in [0.15, 0.2) is 0 Å². The average molecular weight is 208 g/mol. The van der Waals surface area contributed by atoms with Crippen LogP contribution in [0.25, 0.3) is 0 Å². The van der Waals surface area contributed by atoms with Gasteiger partial charge in [-0.05, 0) is 26.6 Å². The average Bonchev–Trinajstić information content (AvgIpc) is 2.17. The predicted molar refractivity (Wildman–Crippen MR) is 62.7 cm³/mol. The molecule has 0 fully saturated rings. The largest absolute Gasteiger partial charge is 0.390 e. The van der Waals surface area contributed by atoms with Crippen molar-refractivity contribution in [1.82, 2.24) is 4.90 Å². The Morgan fingerprint density at radius 3 is 2.53 bits per heavy atom. The normalized spacial score (nSPS) is 15.3. The summed E-state index contributed by atoms with van der Waals surface area (Å²) in [4.78, 5) is 1.99. The number of nitrogens with zero attached hydrogens (tertiary/aromatic N) is 1. The van der Waals surface area contributed by atoms with E-state index >= 15 is 0 Å². The van der Waals surface area contributed by atoms with Crippen molar-refractivity contribution in [3.8, 4) is 0 Å². The summed E-state index contributed by atoms with van der Waals surface area (Å²) >= 11 is 0. The number of likely N-dealkylation sites (N-methyl/N-ethyl adjacent to an activating group) is 1. The molecule has 0 aromatic heterocycles. The van der Waals surface area contributed by atoms with Crippen molar-refractivity contribution in [2.45, 2.75) is 19.1 Å². The number of hydrogen-bond acceptors (Lipinski definition) is 3. The van der Waals surface area contributed by atoms with Gasteiger partial charge in [-0.25, -0.2) is 0 Å². The van der Waals surface area contributed by atoms with Crippen LogP contribution in [0.1, 0.15) is 17.2 Å². The fraction of sp³-hybridized carbons (Fsp3) is 0.500. The van der Waals surface area contributed by atoms with E-state index in [9.17, 15) is 5.11 Å². The SMILES string of the molecule is Cc1cccc(C(C(O)CN)N(C)C)c1. The van der Waals surface area contributed by atoms with E-state index in [-0.39, 0.29) is 12.6 Å². The van der Waals surface area contributed by atoms with Crippen molar-refractivity contribution in [2.24, 2.45) is 5.73 Å². The molecule has 0 radical (unpaired) electrons. The van der Waals surface area contributed by atoms with Crippen molar-refractivity contribution in [2.75, 3.05) is 20.6 Å². The van der Waals surface area contributed by atoms with Crippen LogP contribution in [-0.4, -0.2) is 36.8 Å². The Morgan fingerprint density at radius 2 is 2.07 bits per heavy atom. The Morgan fingerprint density at radius 1 is 1.40 bits per heavy atom. The summed E-state index contributed by atoms with van der Waals surface area (Å²) in [5.74, 6) is 0. The Bertz CT molecular complexity index is 312. The molecule has 2 atom stereocenters. The molecule has 1 rings (SSSR count). The molecule has 15 heavy (non-hydrogen) atoms. The number of benzene rings is 1. The number of aliphatic hydroxyl groups is 1. The maximum atomic E-state index is 9.87. The molecule has 0 saturated heterocycles. The molecule has 0 bridgehead atoms. The van der Waals surface area contributed by atoms with Crippen molar-refractivity contribution < 1.29 is 5.11 Å². The fourth-order valence-electron chi connectivity index (χ4n) is 1.85. The van der Waals surface area contributed by atoms with E-state index in [1.165, 1.54) is 5.56 Å². The van der Waals surface area contributed by atoms with Gasteiger partial charge in [0.2, 0.25) is 0 Å². The lowest BCUT2D eigenvalue weighted by molar-refractivity contribution is 0.0823. The summed E-state index contributed by atoms with van der Waals surface area (Å²) in [6, 6.07) is 8.13. The molecule has 3 N–H and O–H groups in total. The Hall–Kier alpha value is -0.900. The first-order chi connectivity index (χ1) is 7.06. The molecule has 0 aliphatic heterocycles. The predicted octanol–water partition coefficient (Wildman–Crippen LogP) is 0.917. The zero-order valence-corrected chi connectivity index (χ0v) is 9.64. The van der Waals surface area contributed by atoms with Crippen LogP contribution in [0.5, 0.6) is 0 Å². The minimum atomic E-state index is -0.526. The number of nitrogens with two attached hydrogens (primary N) is 1. The Labute approximate surface area is 91.5 Å². The van der Waals surface area contributed by atoms with E-state index in [1.54, 1.807) is 0 Å². The topological polar surface area (TPSA) is 49.5 Å². The van der Waals surface area contributed by atoms with Crippen LogP contribution in [0.2, 0.25) is 0 Å². The van der Waals surface area contributed by atoms with Gasteiger partial charge in [0, 0.05) is 6.54 Å². The highest BCUT2D eigenvalue weighted by Gasteiger charge is 2.21. The summed E-state index contributed by atoms with van der Waals surface area (Å²) in [5.41, 5.74) is 7.82. The van der Waals surface area contributed by atoms with Gasteiger partial charge in [0.25, 0.3) is 0 Å². The number of hydrogen-bond donors (Lipinski definition) is 2. The third-order valence-electron chi connectivity index (χ3n) is 2.55. The third kappa shape index (κ3) is 3.02. The van der Waals surface area contributed by atoms with Gasteiger partial charge in [-0.3, -0.25) is 0 Å². The first kappa shape index (κ1) is 12.2. The molecule has 1 aromatic carbocycles. The Kier molecular flexibility index (Phi) is 4.27. The van der Waals surface area contributed by atoms with Crippen LogP contribution in [0.15, 0.2) is 24.3 Å². The third-order valence-corrected chi connectivity index (χ3v) is 2.55. The van der Waals surface area contributed by atoms with Gasteiger partial charge in [-0.2, -0.15) is 0 Å². The van der Waals surface area contributed by atoms with Crippen LogP contribution in [0.3, 0.4) is 0 Å². The van der Waals surface area contributed by atoms with Gasteiger partial charge in [0.05, 0.1) is 12.1 Å². The van der Waals surface area contributed by atoms with Crippen LogP contribution >= 0.6 is 0 Å². The molecule has 1 aromatic rings. The molecular formula is C12H20N2O. The zero-order valence-electron chi connectivity index (χ0n) is 9.64. The molecule has 0 amide bonds. The van der Waals surface area contributed by atoms with Gasteiger partial charge >= 0.3 is 0 Å². The summed E-state index contributed by atoms with van der Waals surface area (Å²) in [5, 5.41) is 9.87. The zero-order chi connectivity index (χ0) is 11.4. The van der Waals surface area contributed by atoms with Crippen LogP contribution < -0.4 is 5.73 Å². The molecule has 0 spiro atoms. The van der Waals surface area contributed by atoms with Gasteiger partial charge in [-0.15, -0.1) is 0 Å². The summed E-state index contributed by atoms with van der Waals surface area (Å²) in [6.07, 6.45) is -0.526. The molecular weight excluding hydrogens is 188 g/mol. The second-order valence-corrected chi connectivity index (χ2v) is 4.13. The van der Waals surface area contributed by atoms with Gasteiger partial charge < -0.3 is 15.7 Å². The van der Waals surface area contributed by atoms with Gasteiger partial charge in [-0.1, -0.05) is 29.8 Å². The number of aryl methyl sites for hydroxylation is 1. The van der Waals surface area contributed by atoms with Crippen LogP contribution in [0, 0.1) is 6.92 Å². The van der Waals surface area contributed by atoms with E-state index in [2.05, 4.69) is 6.07 Å². The molecule has 84 valence electrons. The van der Waals surface area contributed by atoms with Crippen LogP contribution in [0.4, 0.5) is 0 Å². The smallest absolute Gasteiger partial charge is 0.0858 e. The molecule has 0 saturated carbocycles. The van der Waals surface area contributed by atoms with E-state index in [0.29, 0.717) is 0 Å². The molecule has 0 aliphatic carbocycles. The summed E-state index contributed by atoms with van der Waals surface area (Å²) in [7, 11) is 3.90. The van der Waals surface area contributed by atoms with E-state index < -0.39 is 6.10 Å². The monoisotopic (exact) mass is 208 g/mol. The standard InChI is InChI=1S/C12H20N2O/c1-9-5-4-6-10(7-9)12(14(2)3)11(15)8-13/h4-7,11-12,15H,8,13H2,1-3H3. The fourth-order valence-corrected chi connectivity index (χ4v) is 1.85. The first-order valence-corrected chi connectivity index (χ1v) is 5.17. The summed E-state index contributed by atoms with van der Waals surface area (Å²) in [6.45, 7) is 2.32. The minimum Gasteiger partial charge on any atom is -0.390 e. The van der Waals surface area contributed by atoms with E-state index in [1.807, 2.05) is 44.1 Å². The Balaban J connectivity index is 2.99. The second kappa shape index (κ2) is 5.26. The van der Waals surface area contributed by atoms with E-state index in [0.717, 1.165) is 5.56 Å².